The molecule has 0 radical (unpaired) electrons. The second kappa shape index (κ2) is 7.20. The molecule has 0 aliphatic rings. The van der Waals surface area contributed by atoms with Crippen molar-refractivity contribution >= 4 is 32.6 Å². The summed E-state index contributed by atoms with van der Waals surface area (Å²) in [7, 11) is 1.79. The summed E-state index contributed by atoms with van der Waals surface area (Å²) in [5, 5.41) is 9.52. The van der Waals surface area contributed by atoms with Crippen LogP contribution in [0.2, 0.25) is 0 Å². The number of nitrogens with zero attached hydrogens (tertiary/aromatic N) is 6. The number of para-hydroxylation sites is 1. The van der Waals surface area contributed by atoms with Crippen LogP contribution in [0.3, 0.4) is 0 Å². The molecule has 0 aliphatic heterocycles. The molecule has 0 N–H and O–H groups in total. The largest absolute Gasteiger partial charge is 0.281 e. The van der Waals surface area contributed by atoms with E-state index >= 15 is 0 Å². The highest BCUT2D eigenvalue weighted by Crippen LogP contribution is 2.29. The molecule has 8 heteroatoms. The number of fused-ring (bicyclic) bond motifs is 1. The predicted molar refractivity (Wildman–Crippen MR) is 111 cm³/mol. The minimum Gasteiger partial charge on any atom is -0.281 e. The molecule has 28 heavy (non-hydrogen) atoms. The fourth-order valence-corrected chi connectivity index (χ4v) is 4.29. The number of aromatic nitrogens is 5. The van der Waals surface area contributed by atoms with E-state index in [9.17, 15) is 4.79 Å². The van der Waals surface area contributed by atoms with Gasteiger partial charge in [0.2, 0.25) is 0 Å². The van der Waals surface area contributed by atoms with Gasteiger partial charge in [-0.05, 0) is 45.0 Å². The molecule has 0 fully saturated rings. The summed E-state index contributed by atoms with van der Waals surface area (Å²) in [5.74, 6) is -0.108. The molecular weight excluding hydrogens is 372 g/mol. The Bertz CT molecular complexity index is 1120. The van der Waals surface area contributed by atoms with Gasteiger partial charge in [-0.2, -0.15) is 10.2 Å². The summed E-state index contributed by atoms with van der Waals surface area (Å²) in [6.07, 6.45) is 0. The topological polar surface area (TPSA) is 68.8 Å². The molecule has 1 aromatic carbocycles. The van der Waals surface area contributed by atoms with Crippen LogP contribution in [0, 0.1) is 20.8 Å². The van der Waals surface area contributed by atoms with Crippen molar-refractivity contribution in [2.45, 2.75) is 27.3 Å². The summed E-state index contributed by atoms with van der Waals surface area (Å²) < 4.78 is 4.61. The van der Waals surface area contributed by atoms with Crippen LogP contribution >= 0.6 is 11.3 Å². The van der Waals surface area contributed by atoms with Crippen LogP contribution in [0.25, 0.3) is 10.2 Å². The number of thiazole rings is 1. The molecule has 3 heterocycles. The molecule has 0 aliphatic carbocycles. The number of rotatable bonds is 5. The quantitative estimate of drug-likeness (QED) is 0.520. The van der Waals surface area contributed by atoms with E-state index in [0.29, 0.717) is 23.9 Å². The second-order valence-corrected chi connectivity index (χ2v) is 7.87. The highest BCUT2D eigenvalue weighted by atomic mass is 32.1. The van der Waals surface area contributed by atoms with E-state index in [0.717, 1.165) is 27.3 Å². The van der Waals surface area contributed by atoms with Crippen molar-refractivity contribution in [1.29, 1.82) is 0 Å². The Balaban J connectivity index is 1.70. The van der Waals surface area contributed by atoms with Gasteiger partial charge in [0.05, 0.1) is 28.1 Å². The zero-order chi connectivity index (χ0) is 19.8. The molecule has 144 valence electrons. The number of aryl methyl sites for hydroxylation is 4. The second-order valence-electron chi connectivity index (χ2n) is 6.87. The third kappa shape index (κ3) is 3.43. The molecule has 4 rings (SSSR count). The van der Waals surface area contributed by atoms with E-state index in [1.165, 1.54) is 11.3 Å². The van der Waals surface area contributed by atoms with Crippen molar-refractivity contribution < 1.29 is 4.79 Å². The standard InChI is InChI=1S/C20H22N6OS/c1-13-11-15(3)26(23-13)10-9-25(19(27)17-12-14(2)22-24(17)4)20-21-16-7-5-6-8-18(16)28-20/h5-8,11-12H,9-10H2,1-4H3. The van der Waals surface area contributed by atoms with Crippen molar-refractivity contribution in [3.05, 3.63) is 59.2 Å². The van der Waals surface area contributed by atoms with Gasteiger partial charge in [0.15, 0.2) is 5.13 Å². The third-order valence-electron chi connectivity index (χ3n) is 4.62. The Kier molecular flexibility index (Phi) is 4.72. The lowest BCUT2D eigenvalue weighted by Crippen LogP contribution is -2.35. The van der Waals surface area contributed by atoms with Crippen molar-refractivity contribution in [3.63, 3.8) is 0 Å². The van der Waals surface area contributed by atoms with Gasteiger partial charge in [-0.25, -0.2) is 4.98 Å². The van der Waals surface area contributed by atoms with E-state index in [2.05, 4.69) is 10.2 Å². The SMILES string of the molecule is Cc1cc(C(=O)N(CCn2nc(C)cc2C)c2nc3ccccc3s2)n(C)n1. The maximum absolute atomic E-state index is 13.4. The van der Waals surface area contributed by atoms with Crippen LogP contribution in [0.5, 0.6) is 0 Å². The van der Waals surface area contributed by atoms with Crippen molar-refractivity contribution in [3.8, 4) is 0 Å². The first-order chi connectivity index (χ1) is 13.4. The highest BCUT2D eigenvalue weighted by Gasteiger charge is 2.24. The molecule has 0 saturated heterocycles. The van der Waals surface area contributed by atoms with Gasteiger partial charge in [0, 0.05) is 19.3 Å². The third-order valence-corrected chi connectivity index (χ3v) is 5.68. The average molecular weight is 395 g/mol. The molecule has 0 atom stereocenters. The van der Waals surface area contributed by atoms with Gasteiger partial charge < -0.3 is 0 Å². The first kappa shape index (κ1) is 18.4. The average Bonchev–Trinajstić information content (AvgIpc) is 3.31. The van der Waals surface area contributed by atoms with Gasteiger partial charge in [-0.3, -0.25) is 19.1 Å². The monoisotopic (exact) mass is 394 g/mol. The Morgan fingerprint density at radius 1 is 1.11 bits per heavy atom. The normalized spacial score (nSPS) is 11.3. The van der Waals surface area contributed by atoms with Crippen LogP contribution in [-0.2, 0) is 13.6 Å². The summed E-state index contributed by atoms with van der Waals surface area (Å²) >= 11 is 1.52. The molecule has 0 bridgehead atoms. The lowest BCUT2D eigenvalue weighted by molar-refractivity contribution is 0.0976. The van der Waals surface area contributed by atoms with Crippen molar-refractivity contribution in [1.82, 2.24) is 24.5 Å². The van der Waals surface area contributed by atoms with Crippen molar-refractivity contribution in [2.75, 3.05) is 11.4 Å². The fourth-order valence-electron chi connectivity index (χ4n) is 3.30. The Morgan fingerprint density at radius 3 is 2.50 bits per heavy atom. The first-order valence-electron chi connectivity index (χ1n) is 9.11. The van der Waals surface area contributed by atoms with Gasteiger partial charge in [-0.1, -0.05) is 23.5 Å². The lowest BCUT2D eigenvalue weighted by Gasteiger charge is -2.20. The molecule has 1 amide bonds. The number of amides is 1. The summed E-state index contributed by atoms with van der Waals surface area (Å²) in [5.41, 5.74) is 4.30. The van der Waals surface area contributed by atoms with E-state index < -0.39 is 0 Å². The number of anilines is 1. The molecule has 0 saturated carbocycles. The number of hydrogen-bond donors (Lipinski definition) is 0. The maximum atomic E-state index is 13.4. The summed E-state index contributed by atoms with van der Waals surface area (Å²) in [6.45, 7) is 6.95. The molecule has 0 spiro atoms. The predicted octanol–water partition coefficient (Wildman–Crippen LogP) is 3.50. The van der Waals surface area contributed by atoms with Crippen LogP contribution in [0.4, 0.5) is 5.13 Å². The number of benzene rings is 1. The van der Waals surface area contributed by atoms with E-state index in [1.807, 2.05) is 61.9 Å². The Labute approximate surface area is 167 Å². The van der Waals surface area contributed by atoms with Crippen LogP contribution in [-0.4, -0.2) is 37.0 Å². The Hall–Kier alpha value is -3.00. The fraction of sp³-hybridized carbons (Fsp3) is 0.300. The molecule has 3 aromatic heterocycles. The smallest absolute Gasteiger partial charge is 0.278 e. The zero-order valence-corrected chi connectivity index (χ0v) is 17.2. The van der Waals surface area contributed by atoms with E-state index in [1.54, 1.807) is 16.6 Å². The number of carbonyl (C=O) groups excluding carboxylic acids is 1. The van der Waals surface area contributed by atoms with E-state index in [-0.39, 0.29) is 5.91 Å². The molecular formula is C20H22N6OS. The highest BCUT2D eigenvalue weighted by molar-refractivity contribution is 7.22. The van der Waals surface area contributed by atoms with Gasteiger partial charge in [0.1, 0.15) is 5.69 Å². The van der Waals surface area contributed by atoms with Crippen LogP contribution < -0.4 is 4.90 Å². The molecule has 7 nitrogen and oxygen atoms in total. The van der Waals surface area contributed by atoms with Gasteiger partial charge in [0.25, 0.3) is 5.91 Å². The van der Waals surface area contributed by atoms with Gasteiger partial charge >= 0.3 is 0 Å². The summed E-state index contributed by atoms with van der Waals surface area (Å²) in [6, 6.07) is 11.8. The maximum Gasteiger partial charge on any atom is 0.278 e. The van der Waals surface area contributed by atoms with Crippen LogP contribution in [0.1, 0.15) is 27.6 Å². The minimum atomic E-state index is -0.108. The Morgan fingerprint density at radius 2 is 1.86 bits per heavy atom. The molecule has 4 aromatic rings. The van der Waals surface area contributed by atoms with E-state index in [4.69, 9.17) is 4.98 Å². The van der Waals surface area contributed by atoms with Crippen LogP contribution in [0.15, 0.2) is 36.4 Å². The molecule has 0 unspecified atom stereocenters. The number of hydrogen-bond acceptors (Lipinski definition) is 5. The summed E-state index contributed by atoms with van der Waals surface area (Å²) in [4.78, 5) is 19.8. The zero-order valence-electron chi connectivity index (χ0n) is 16.4. The lowest BCUT2D eigenvalue weighted by atomic mass is 10.3. The van der Waals surface area contributed by atoms with Crippen molar-refractivity contribution in [2.24, 2.45) is 7.05 Å². The first-order valence-corrected chi connectivity index (χ1v) is 9.93. The van der Waals surface area contributed by atoms with Gasteiger partial charge in [-0.15, -0.1) is 0 Å². The minimum absolute atomic E-state index is 0.108. The number of carbonyl (C=O) groups is 1.